The monoisotopic (exact) mass is 308 g/mol. The Labute approximate surface area is 133 Å². The Hall–Kier alpha value is -2.43. The van der Waals surface area contributed by atoms with E-state index in [1.54, 1.807) is 12.2 Å². The fourth-order valence-corrected chi connectivity index (χ4v) is 4.16. The second-order valence-corrected chi connectivity index (χ2v) is 6.44. The Kier molecular flexibility index (Phi) is 2.33. The van der Waals surface area contributed by atoms with Crippen LogP contribution in [0.3, 0.4) is 0 Å². The molecule has 3 aliphatic rings. The van der Waals surface area contributed by atoms with Crippen LogP contribution in [-0.4, -0.2) is 22.1 Å². The van der Waals surface area contributed by atoms with Gasteiger partial charge in [0.05, 0.1) is 0 Å². The van der Waals surface area contributed by atoms with Crippen LogP contribution in [0.15, 0.2) is 48.2 Å². The number of benzene rings is 1. The number of aryl methyl sites for hydroxylation is 2. The minimum Gasteiger partial charge on any atom is -0.389 e. The van der Waals surface area contributed by atoms with Gasteiger partial charge in [0.1, 0.15) is 6.21 Å². The van der Waals surface area contributed by atoms with Crippen LogP contribution in [0.1, 0.15) is 23.7 Å². The SMILES string of the molecule is CC1=C2C=CC=[N+]2[B-](F)(F)n2c1cc1c2-c2ccccc2CC1. The van der Waals surface area contributed by atoms with Gasteiger partial charge in [-0.15, -0.1) is 0 Å². The predicted molar refractivity (Wildman–Crippen MR) is 88.7 cm³/mol. The average molecular weight is 308 g/mol. The van der Waals surface area contributed by atoms with Crippen LogP contribution in [0, 0.1) is 0 Å². The molecule has 0 spiro atoms. The lowest BCUT2D eigenvalue weighted by Gasteiger charge is -2.32. The number of nitrogens with zero attached hydrogens (tertiary/aromatic N) is 2. The van der Waals surface area contributed by atoms with Gasteiger partial charge in [-0.3, -0.25) is 0 Å². The van der Waals surface area contributed by atoms with Crippen LogP contribution in [0.2, 0.25) is 0 Å². The first kappa shape index (κ1) is 13.1. The molecule has 1 aromatic carbocycles. The third-order valence-electron chi connectivity index (χ3n) is 5.24. The first-order valence-electron chi connectivity index (χ1n) is 7.95. The summed E-state index contributed by atoms with van der Waals surface area (Å²) in [5, 5.41) is 0. The summed E-state index contributed by atoms with van der Waals surface area (Å²) in [6.45, 7) is -1.93. The fourth-order valence-electron chi connectivity index (χ4n) is 4.16. The van der Waals surface area contributed by atoms with Gasteiger partial charge in [0.2, 0.25) is 0 Å². The molecule has 114 valence electrons. The van der Waals surface area contributed by atoms with E-state index < -0.39 is 6.97 Å². The Balaban J connectivity index is 1.89. The van der Waals surface area contributed by atoms with Gasteiger partial charge in [-0.25, -0.2) is 0 Å². The van der Waals surface area contributed by atoms with Gasteiger partial charge in [-0.1, -0.05) is 24.3 Å². The number of halogens is 2. The Morgan fingerprint density at radius 1 is 1.13 bits per heavy atom. The molecule has 0 saturated carbocycles. The molecule has 0 bridgehead atoms. The molecule has 2 nitrogen and oxygen atoms in total. The second-order valence-electron chi connectivity index (χ2n) is 6.44. The zero-order chi connectivity index (χ0) is 15.8. The number of rotatable bonds is 0. The van der Waals surface area contributed by atoms with Crippen molar-refractivity contribution in [3.05, 3.63) is 65.0 Å². The summed E-state index contributed by atoms with van der Waals surface area (Å²) in [5.74, 6) is 0. The second kappa shape index (κ2) is 4.10. The maximum absolute atomic E-state index is 15.3. The maximum Gasteiger partial charge on any atom is 0.737 e. The standard InChI is InChI=1S/C18H15BF2N2/c1-12-16-7-4-10-22(16)19(20,21)23-17(12)11-14-9-8-13-5-2-3-6-15(13)18(14)23/h2-7,10-11H,8-9H2,1H3. The van der Waals surface area contributed by atoms with Gasteiger partial charge in [-0.05, 0) is 42.5 Å². The van der Waals surface area contributed by atoms with E-state index in [-0.39, 0.29) is 0 Å². The molecule has 1 aromatic heterocycles. The quantitative estimate of drug-likeness (QED) is 0.653. The molecule has 1 aliphatic carbocycles. The first-order chi connectivity index (χ1) is 11.1. The van der Waals surface area contributed by atoms with Crippen molar-refractivity contribution in [1.82, 2.24) is 4.48 Å². The molecule has 2 aromatic rings. The largest absolute Gasteiger partial charge is 0.737 e. The molecular formula is C18H15BF2N2. The summed E-state index contributed by atoms with van der Waals surface area (Å²) in [6.07, 6.45) is 6.69. The number of fused-ring (bicyclic) bond motifs is 6. The van der Waals surface area contributed by atoms with Gasteiger partial charge in [0, 0.05) is 29.1 Å². The van der Waals surface area contributed by atoms with Crippen molar-refractivity contribution in [2.75, 3.05) is 0 Å². The van der Waals surface area contributed by atoms with Gasteiger partial charge in [0.15, 0.2) is 5.70 Å². The summed E-state index contributed by atoms with van der Waals surface area (Å²) in [7, 11) is 0. The van der Waals surface area contributed by atoms with Crippen LogP contribution in [0.5, 0.6) is 0 Å². The lowest BCUT2D eigenvalue weighted by Crippen LogP contribution is -2.49. The van der Waals surface area contributed by atoms with Crippen molar-refractivity contribution < 1.29 is 13.1 Å². The van der Waals surface area contributed by atoms with Crippen LogP contribution in [0.25, 0.3) is 16.8 Å². The molecular weight excluding hydrogens is 293 g/mol. The van der Waals surface area contributed by atoms with Crippen molar-refractivity contribution >= 4 is 18.8 Å². The number of hydrogen-bond acceptors (Lipinski definition) is 0. The summed E-state index contributed by atoms with van der Waals surface area (Å²) < 4.78 is 33.0. The molecule has 0 radical (unpaired) electrons. The molecule has 0 atom stereocenters. The lowest BCUT2D eigenvalue weighted by atomic mass is 9.86. The molecule has 2 aliphatic heterocycles. The van der Waals surface area contributed by atoms with E-state index in [1.807, 2.05) is 37.3 Å². The van der Waals surface area contributed by atoms with Crippen LogP contribution >= 0.6 is 0 Å². The molecule has 5 heteroatoms. The normalized spacial score (nSPS) is 19.9. The zero-order valence-electron chi connectivity index (χ0n) is 12.8. The molecule has 5 rings (SSSR count). The van der Waals surface area contributed by atoms with Crippen LogP contribution in [0.4, 0.5) is 8.63 Å². The molecule has 0 saturated heterocycles. The van der Waals surface area contributed by atoms with E-state index in [0.29, 0.717) is 17.1 Å². The highest BCUT2D eigenvalue weighted by atomic mass is 19.2. The average Bonchev–Trinajstić information content (AvgIpc) is 3.18. The third kappa shape index (κ3) is 1.50. The van der Waals surface area contributed by atoms with Crippen molar-refractivity contribution in [2.45, 2.75) is 19.8 Å². The molecule has 0 amide bonds. The first-order valence-corrected chi connectivity index (χ1v) is 7.95. The zero-order valence-corrected chi connectivity index (χ0v) is 12.8. The maximum atomic E-state index is 15.3. The summed E-state index contributed by atoms with van der Waals surface area (Å²) in [5.41, 5.74) is 6.02. The Bertz CT molecular complexity index is 963. The van der Waals surface area contributed by atoms with Crippen LogP contribution < -0.4 is 0 Å². The van der Waals surface area contributed by atoms with E-state index in [9.17, 15) is 0 Å². The lowest BCUT2D eigenvalue weighted by molar-refractivity contribution is -0.356. The smallest absolute Gasteiger partial charge is 0.389 e. The fraction of sp³-hybridized carbons (Fsp3) is 0.167. The molecule has 3 heterocycles. The summed E-state index contributed by atoms with van der Waals surface area (Å²) in [6, 6.07) is 9.89. The van der Waals surface area contributed by atoms with Gasteiger partial charge < -0.3 is 17.6 Å². The van der Waals surface area contributed by atoms with E-state index in [4.69, 9.17) is 0 Å². The Morgan fingerprint density at radius 2 is 1.91 bits per heavy atom. The summed E-state index contributed by atoms with van der Waals surface area (Å²) in [4.78, 5) is 0. The van der Waals surface area contributed by atoms with E-state index in [1.165, 1.54) is 10.7 Å². The van der Waals surface area contributed by atoms with Gasteiger partial charge in [-0.2, -0.15) is 0 Å². The summed E-state index contributed by atoms with van der Waals surface area (Å²) >= 11 is 0. The Morgan fingerprint density at radius 3 is 2.78 bits per heavy atom. The highest BCUT2D eigenvalue weighted by molar-refractivity contribution is 6.58. The number of allylic oxidation sites excluding steroid dienone is 3. The number of hydrogen-bond donors (Lipinski definition) is 0. The molecule has 23 heavy (non-hydrogen) atoms. The number of aromatic nitrogens is 1. The topological polar surface area (TPSA) is 7.94 Å². The highest BCUT2D eigenvalue weighted by Gasteiger charge is 2.52. The minimum atomic E-state index is -3.86. The van der Waals surface area contributed by atoms with E-state index in [2.05, 4.69) is 0 Å². The van der Waals surface area contributed by atoms with Crippen molar-refractivity contribution in [1.29, 1.82) is 0 Å². The van der Waals surface area contributed by atoms with E-state index in [0.717, 1.165) is 39.6 Å². The molecule has 0 N–H and O–H groups in total. The van der Waals surface area contributed by atoms with Crippen LogP contribution in [-0.2, 0) is 12.8 Å². The van der Waals surface area contributed by atoms with Crippen molar-refractivity contribution in [3.63, 3.8) is 0 Å². The van der Waals surface area contributed by atoms with Gasteiger partial charge >= 0.3 is 6.97 Å². The van der Waals surface area contributed by atoms with Crippen molar-refractivity contribution in [3.8, 4) is 11.3 Å². The highest BCUT2D eigenvalue weighted by Crippen LogP contribution is 2.43. The minimum absolute atomic E-state index is 0.616. The molecule has 0 fully saturated rings. The van der Waals surface area contributed by atoms with Crippen molar-refractivity contribution in [2.24, 2.45) is 0 Å². The third-order valence-corrected chi connectivity index (χ3v) is 5.24. The predicted octanol–water partition coefficient (Wildman–Crippen LogP) is 3.87. The van der Waals surface area contributed by atoms with E-state index >= 15 is 8.63 Å². The molecule has 0 unspecified atom stereocenters. The van der Waals surface area contributed by atoms with Gasteiger partial charge in [0.25, 0.3) is 0 Å².